The van der Waals surface area contributed by atoms with Gasteiger partial charge in [-0.05, 0) is 44.9 Å². The molecule has 1 saturated heterocycles. The highest BCUT2D eigenvalue weighted by Crippen LogP contribution is 2.25. The molecular weight excluding hydrogens is 292 g/mol. The van der Waals surface area contributed by atoms with E-state index in [1.165, 1.54) is 4.31 Å². The Morgan fingerprint density at radius 2 is 1.90 bits per heavy atom. The molecule has 2 aliphatic rings. The van der Waals surface area contributed by atoms with Crippen molar-refractivity contribution in [1.82, 2.24) is 9.62 Å². The number of aliphatic hydroxyl groups excluding tert-OH is 1. The van der Waals surface area contributed by atoms with E-state index >= 15 is 0 Å². The fourth-order valence-corrected chi connectivity index (χ4v) is 4.33. The van der Waals surface area contributed by atoms with Gasteiger partial charge in [0.1, 0.15) is 0 Å². The van der Waals surface area contributed by atoms with Crippen LogP contribution in [0.25, 0.3) is 0 Å². The molecule has 0 spiro atoms. The minimum absolute atomic E-state index is 0.0323. The highest BCUT2D eigenvalue weighted by Gasteiger charge is 2.30. The summed E-state index contributed by atoms with van der Waals surface area (Å²) in [5.41, 5.74) is 0. The minimum Gasteiger partial charge on any atom is -0.393 e. The average molecular weight is 318 g/mol. The fourth-order valence-electron chi connectivity index (χ4n) is 3.20. The van der Waals surface area contributed by atoms with Gasteiger partial charge >= 0.3 is 0 Å². The number of aliphatic hydroxyl groups is 1. The summed E-state index contributed by atoms with van der Waals surface area (Å²) in [6, 6.07) is 0. The van der Waals surface area contributed by atoms with Gasteiger partial charge in [-0.2, -0.15) is 0 Å². The van der Waals surface area contributed by atoms with Gasteiger partial charge in [-0.15, -0.1) is 0 Å². The molecule has 1 aliphatic carbocycles. The molecule has 2 N–H and O–H groups in total. The maximum absolute atomic E-state index is 12.1. The number of carbonyl (C=O) groups excluding carboxylic acids is 1. The molecule has 7 heteroatoms. The second kappa shape index (κ2) is 7.07. The summed E-state index contributed by atoms with van der Waals surface area (Å²) < 4.78 is 25.0. The van der Waals surface area contributed by atoms with Gasteiger partial charge in [0.25, 0.3) is 0 Å². The van der Waals surface area contributed by atoms with E-state index in [1.807, 2.05) is 0 Å². The number of sulfonamides is 1. The summed E-state index contributed by atoms with van der Waals surface area (Å²) in [4.78, 5) is 12.1. The number of rotatable bonds is 5. The topological polar surface area (TPSA) is 86.7 Å². The summed E-state index contributed by atoms with van der Waals surface area (Å²) in [7, 11) is -3.13. The Hall–Kier alpha value is -0.660. The van der Waals surface area contributed by atoms with Gasteiger partial charge in [0.2, 0.25) is 15.9 Å². The Labute approximate surface area is 126 Å². The van der Waals surface area contributed by atoms with E-state index in [-0.39, 0.29) is 23.7 Å². The van der Waals surface area contributed by atoms with Gasteiger partial charge in [0.15, 0.2) is 0 Å². The van der Waals surface area contributed by atoms with Crippen molar-refractivity contribution < 1.29 is 18.3 Å². The first-order valence-corrected chi connectivity index (χ1v) is 9.47. The van der Waals surface area contributed by atoms with Crippen molar-refractivity contribution in [3.63, 3.8) is 0 Å². The number of carbonyl (C=O) groups is 1. The standard InChI is InChI=1S/C14H26N2O4S/c1-2-21(19,20)16-7-5-12(6-8-16)14(18)15-10-11-3-4-13(17)9-11/h11-13,17H,2-10H2,1H3,(H,15,18). The maximum atomic E-state index is 12.1. The Balaban J connectivity index is 1.73. The van der Waals surface area contributed by atoms with Crippen LogP contribution in [0.5, 0.6) is 0 Å². The summed E-state index contributed by atoms with van der Waals surface area (Å²) in [5.74, 6) is 0.447. The Morgan fingerprint density at radius 3 is 2.43 bits per heavy atom. The molecule has 2 unspecified atom stereocenters. The monoisotopic (exact) mass is 318 g/mol. The molecule has 2 fully saturated rings. The lowest BCUT2D eigenvalue weighted by atomic mass is 9.97. The Morgan fingerprint density at radius 1 is 1.24 bits per heavy atom. The number of nitrogens with one attached hydrogen (secondary N) is 1. The van der Waals surface area contributed by atoms with Gasteiger partial charge in [-0.3, -0.25) is 4.79 Å². The van der Waals surface area contributed by atoms with Crippen LogP contribution in [0, 0.1) is 11.8 Å². The first-order chi connectivity index (χ1) is 9.92. The lowest BCUT2D eigenvalue weighted by Crippen LogP contribution is -2.44. The molecular formula is C14H26N2O4S. The van der Waals surface area contributed by atoms with Crippen LogP contribution in [0.3, 0.4) is 0 Å². The Bertz CT molecular complexity index is 458. The third-order valence-electron chi connectivity index (χ3n) is 4.66. The summed E-state index contributed by atoms with van der Waals surface area (Å²) >= 11 is 0. The van der Waals surface area contributed by atoms with E-state index in [9.17, 15) is 18.3 Å². The lowest BCUT2D eigenvalue weighted by Gasteiger charge is -2.30. The van der Waals surface area contributed by atoms with Crippen LogP contribution in [0.1, 0.15) is 39.0 Å². The van der Waals surface area contributed by atoms with Gasteiger partial charge in [-0.25, -0.2) is 12.7 Å². The molecule has 2 rings (SSSR count). The zero-order valence-corrected chi connectivity index (χ0v) is 13.4. The molecule has 0 aromatic rings. The van der Waals surface area contributed by atoms with Crippen molar-refractivity contribution >= 4 is 15.9 Å². The molecule has 6 nitrogen and oxygen atoms in total. The first-order valence-electron chi connectivity index (χ1n) is 7.86. The number of amides is 1. The average Bonchev–Trinajstić information content (AvgIpc) is 2.90. The van der Waals surface area contributed by atoms with E-state index in [1.54, 1.807) is 6.92 Å². The highest BCUT2D eigenvalue weighted by atomic mass is 32.2. The van der Waals surface area contributed by atoms with Crippen LogP contribution >= 0.6 is 0 Å². The predicted octanol–water partition coefficient (Wildman–Crippen LogP) is 0.325. The van der Waals surface area contributed by atoms with E-state index in [2.05, 4.69) is 5.32 Å². The fraction of sp³-hybridized carbons (Fsp3) is 0.929. The normalized spacial score (nSPS) is 28.7. The molecule has 0 aromatic carbocycles. The molecule has 21 heavy (non-hydrogen) atoms. The summed E-state index contributed by atoms with van der Waals surface area (Å²) in [6.07, 6.45) is 3.54. The van der Waals surface area contributed by atoms with Crippen LogP contribution in [-0.4, -0.2) is 55.2 Å². The smallest absolute Gasteiger partial charge is 0.223 e. The zero-order chi connectivity index (χ0) is 15.5. The third kappa shape index (κ3) is 4.40. The molecule has 0 aromatic heterocycles. The number of hydrogen-bond donors (Lipinski definition) is 2. The van der Waals surface area contributed by atoms with Crippen molar-refractivity contribution in [3.8, 4) is 0 Å². The van der Waals surface area contributed by atoms with Gasteiger partial charge in [-0.1, -0.05) is 0 Å². The van der Waals surface area contributed by atoms with Crippen molar-refractivity contribution in [2.75, 3.05) is 25.4 Å². The van der Waals surface area contributed by atoms with Gasteiger partial charge < -0.3 is 10.4 Å². The molecule has 0 bridgehead atoms. The largest absolute Gasteiger partial charge is 0.393 e. The van der Waals surface area contributed by atoms with Crippen molar-refractivity contribution in [2.45, 2.75) is 45.1 Å². The number of hydrogen-bond acceptors (Lipinski definition) is 4. The van der Waals surface area contributed by atoms with Crippen LogP contribution in [0.2, 0.25) is 0 Å². The van der Waals surface area contributed by atoms with Gasteiger partial charge in [0, 0.05) is 25.6 Å². The molecule has 1 amide bonds. The molecule has 1 aliphatic heterocycles. The SMILES string of the molecule is CCS(=O)(=O)N1CCC(C(=O)NCC2CCC(O)C2)CC1. The first kappa shape index (κ1) is 16.7. The molecule has 1 heterocycles. The van der Waals surface area contributed by atoms with Crippen LogP contribution in [0.15, 0.2) is 0 Å². The van der Waals surface area contributed by atoms with Crippen molar-refractivity contribution in [3.05, 3.63) is 0 Å². The molecule has 0 radical (unpaired) electrons. The van der Waals surface area contributed by atoms with Crippen LogP contribution in [-0.2, 0) is 14.8 Å². The van der Waals surface area contributed by atoms with Crippen molar-refractivity contribution in [1.29, 1.82) is 0 Å². The second-order valence-electron chi connectivity index (χ2n) is 6.15. The van der Waals surface area contributed by atoms with Crippen molar-refractivity contribution in [2.24, 2.45) is 11.8 Å². The minimum atomic E-state index is -3.13. The summed E-state index contributed by atoms with van der Waals surface area (Å²) in [6.45, 7) is 3.15. The van der Waals surface area contributed by atoms with Crippen LogP contribution in [0.4, 0.5) is 0 Å². The molecule has 1 saturated carbocycles. The molecule has 122 valence electrons. The maximum Gasteiger partial charge on any atom is 0.223 e. The molecule has 2 atom stereocenters. The lowest BCUT2D eigenvalue weighted by molar-refractivity contribution is -0.126. The predicted molar refractivity (Wildman–Crippen MR) is 80.1 cm³/mol. The number of piperidine rings is 1. The van der Waals surface area contributed by atoms with E-state index in [0.29, 0.717) is 38.4 Å². The summed E-state index contributed by atoms with van der Waals surface area (Å²) in [5, 5.41) is 12.4. The number of nitrogens with zero attached hydrogens (tertiary/aromatic N) is 1. The van der Waals surface area contributed by atoms with E-state index < -0.39 is 10.0 Å². The Kier molecular flexibility index (Phi) is 5.62. The van der Waals surface area contributed by atoms with Crippen LogP contribution < -0.4 is 5.32 Å². The quantitative estimate of drug-likeness (QED) is 0.764. The van der Waals surface area contributed by atoms with E-state index in [0.717, 1.165) is 19.3 Å². The zero-order valence-electron chi connectivity index (χ0n) is 12.6. The second-order valence-corrected chi connectivity index (χ2v) is 8.41. The third-order valence-corrected chi connectivity index (χ3v) is 6.54. The highest BCUT2D eigenvalue weighted by molar-refractivity contribution is 7.89. The van der Waals surface area contributed by atoms with E-state index in [4.69, 9.17) is 0 Å². The van der Waals surface area contributed by atoms with Gasteiger partial charge in [0.05, 0.1) is 11.9 Å².